The van der Waals surface area contributed by atoms with Crippen LogP contribution in [0.2, 0.25) is 0 Å². The average molecular weight is 255 g/mol. The Hall–Kier alpha value is -1.94. The van der Waals surface area contributed by atoms with Crippen molar-refractivity contribution in [1.29, 1.82) is 0 Å². The van der Waals surface area contributed by atoms with Crippen molar-refractivity contribution in [2.75, 3.05) is 13.7 Å². The normalized spacial score (nSPS) is 14.0. The van der Waals surface area contributed by atoms with E-state index in [9.17, 15) is 0 Å². The minimum atomic E-state index is 0.690. The minimum absolute atomic E-state index is 0.690. The monoisotopic (exact) mass is 255 g/mol. The van der Waals surface area contributed by atoms with Crippen molar-refractivity contribution >= 4 is 0 Å². The molecule has 1 N–H and O–H groups in total. The second-order valence-electron chi connectivity index (χ2n) is 4.72. The summed E-state index contributed by atoms with van der Waals surface area (Å²) in [4.78, 5) is 9.28. The van der Waals surface area contributed by atoms with Gasteiger partial charge in [-0.05, 0) is 12.5 Å². The summed E-state index contributed by atoms with van der Waals surface area (Å²) in [5.41, 5.74) is 4.44. The fraction of sp³-hybridized carbons (Fsp3) is 0.333. The highest BCUT2D eigenvalue weighted by molar-refractivity contribution is 5.61. The Morgan fingerprint density at radius 3 is 2.84 bits per heavy atom. The topological polar surface area (TPSA) is 47.0 Å². The fourth-order valence-electron chi connectivity index (χ4n) is 2.43. The molecule has 98 valence electrons. The van der Waals surface area contributed by atoms with Gasteiger partial charge in [0.1, 0.15) is 0 Å². The number of aromatic nitrogens is 2. The first-order valence-corrected chi connectivity index (χ1v) is 6.50. The van der Waals surface area contributed by atoms with E-state index in [2.05, 4.69) is 29.4 Å². The van der Waals surface area contributed by atoms with Crippen molar-refractivity contribution in [2.24, 2.45) is 0 Å². The van der Waals surface area contributed by atoms with Gasteiger partial charge in [-0.25, -0.2) is 4.98 Å². The number of nitrogens with zero attached hydrogens (tertiary/aromatic N) is 2. The van der Waals surface area contributed by atoms with Gasteiger partial charge in [-0.2, -0.15) is 4.98 Å². The number of methoxy groups -OCH3 is 1. The lowest BCUT2D eigenvalue weighted by molar-refractivity contribution is 0.386. The van der Waals surface area contributed by atoms with Crippen LogP contribution in [0.4, 0.5) is 0 Å². The zero-order chi connectivity index (χ0) is 13.2. The van der Waals surface area contributed by atoms with Crippen LogP contribution in [-0.2, 0) is 13.0 Å². The Morgan fingerprint density at radius 2 is 2.05 bits per heavy atom. The van der Waals surface area contributed by atoms with E-state index in [0.717, 1.165) is 42.2 Å². The lowest BCUT2D eigenvalue weighted by atomic mass is 10.1. The summed E-state index contributed by atoms with van der Waals surface area (Å²) in [6.45, 7) is 3.82. The van der Waals surface area contributed by atoms with E-state index >= 15 is 0 Å². The summed E-state index contributed by atoms with van der Waals surface area (Å²) in [5, 5.41) is 3.33. The first-order chi connectivity index (χ1) is 9.29. The number of ether oxygens (including phenoxy) is 1. The van der Waals surface area contributed by atoms with Crippen molar-refractivity contribution in [1.82, 2.24) is 15.3 Å². The fourth-order valence-corrected chi connectivity index (χ4v) is 2.43. The van der Waals surface area contributed by atoms with E-state index in [1.54, 1.807) is 7.11 Å². The molecule has 0 saturated carbocycles. The summed E-state index contributed by atoms with van der Waals surface area (Å²) >= 11 is 0. The highest BCUT2D eigenvalue weighted by atomic mass is 16.5. The molecule has 4 heteroatoms. The largest absolute Gasteiger partial charge is 0.481 e. The molecule has 0 saturated heterocycles. The van der Waals surface area contributed by atoms with Crippen LogP contribution in [0.5, 0.6) is 5.88 Å². The van der Waals surface area contributed by atoms with Gasteiger partial charge in [-0.15, -0.1) is 0 Å². The van der Waals surface area contributed by atoms with E-state index in [0.29, 0.717) is 5.88 Å². The first kappa shape index (κ1) is 12.1. The predicted molar refractivity (Wildman–Crippen MR) is 74.2 cm³/mol. The van der Waals surface area contributed by atoms with Crippen molar-refractivity contribution in [2.45, 2.75) is 19.9 Å². The number of hydrogen-bond donors (Lipinski definition) is 1. The van der Waals surface area contributed by atoms with Gasteiger partial charge in [-0.1, -0.05) is 24.3 Å². The molecule has 19 heavy (non-hydrogen) atoms. The smallest absolute Gasteiger partial charge is 0.221 e. The third-order valence-corrected chi connectivity index (χ3v) is 3.47. The van der Waals surface area contributed by atoms with E-state index in [4.69, 9.17) is 9.72 Å². The molecule has 0 aliphatic carbocycles. The van der Waals surface area contributed by atoms with Crippen molar-refractivity contribution in [3.63, 3.8) is 0 Å². The van der Waals surface area contributed by atoms with Gasteiger partial charge in [-0.3, -0.25) is 0 Å². The summed E-state index contributed by atoms with van der Waals surface area (Å²) < 4.78 is 5.42. The molecule has 0 fully saturated rings. The van der Waals surface area contributed by atoms with Crippen LogP contribution in [-0.4, -0.2) is 23.6 Å². The van der Waals surface area contributed by atoms with Crippen molar-refractivity contribution in [3.8, 4) is 17.3 Å². The summed E-state index contributed by atoms with van der Waals surface area (Å²) in [7, 11) is 1.67. The lowest BCUT2D eigenvalue weighted by Gasteiger charge is -2.19. The maximum absolute atomic E-state index is 5.42. The third-order valence-electron chi connectivity index (χ3n) is 3.47. The Balaban J connectivity index is 2.15. The SMILES string of the molecule is COc1nc(-c2ccccc2C)nc2c1CNCC2. The van der Waals surface area contributed by atoms with Crippen LogP contribution in [0.25, 0.3) is 11.4 Å². The molecular weight excluding hydrogens is 238 g/mol. The standard InChI is InChI=1S/C15H17N3O/c1-10-5-3-4-6-11(10)14-17-13-7-8-16-9-12(13)15(18-14)19-2/h3-6,16H,7-9H2,1-2H3. The zero-order valence-electron chi connectivity index (χ0n) is 11.2. The molecule has 0 radical (unpaired) electrons. The first-order valence-electron chi connectivity index (χ1n) is 6.50. The Bertz CT molecular complexity index is 593. The minimum Gasteiger partial charge on any atom is -0.481 e. The van der Waals surface area contributed by atoms with E-state index in [-0.39, 0.29) is 0 Å². The van der Waals surface area contributed by atoms with E-state index in [1.165, 1.54) is 5.56 Å². The molecule has 0 amide bonds. The van der Waals surface area contributed by atoms with Crippen LogP contribution in [0.15, 0.2) is 24.3 Å². The Morgan fingerprint density at radius 1 is 1.21 bits per heavy atom. The van der Waals surface area contributed by atoms with Gasteiger partial charge >= 0.3 is 0 Å². The van der Waals surface area contributed by atoms with Gasteiger partial charge in [0.2, 0.25) is 5.88 Å². The molecular formula is C15H17N3O. The molecule has 1 aromatic carbocycles. The number of benzene rings is 1. The third kappa shape index (κ3) is 2.19. The molecule has 0 unspecified atom stereocenters. The van der Waals surface area contributed by atoms with Gasteiger partial charge in [0, 0.05) is 30.6 Å². The summed E-state index contributed by atoms with van der Waals surface area (Å²) in [6.07, 6.45) is 0.924. The molecule has 2 aromatic rings. The molecule has 1 aliphatic rings. The van der Waals surface area contributed by atoms with Gasteiger partial charge in [0.05, 0.1) is 12.8 Å². The highest BCUT2D eigenvalue weighted by Crippen LogP contribution is 2.27. The Labute approximate surface area is 112 Å². The van der Waals surface area contributed by atoms with E-state index < -0.39 is 0 Å². The molecule has 2 heterocycles. The van der Waals surface area contributed by atoms with Crippen LogP contribution in [0.3, 0.4) is 0 Å². The molecule has 0 spiro atoms. The van der Waals surface area contributed by atoms with Crippen LogP contribution in [0.1, 0.15) is 16.8 Å². The highest BCUT2D eigenvalue weighted by Gasteiger charge is 2.19. The van der Waals surface area contributed by atoms with E-state index in [1.807, 2.05) is 12.1 Å². The second kappa shape index (κ2) is 4.97. The van der Waals surface area contributed by atoms with Crippen molar-refractivity contribution in [3.05, 3.63) is 41.1 Å². The summed E-state index contributed by atoms with van der Waals surface area (Å²) in [5.74, 6) is 1.45. The second-order valence-corrected chi connectivity index (χ2v) is 4.72. The lowest BCUT2D eigenvalue weighted by Crippen LogP contribution is -2.25. The summed E-state index contributed by atoms with van der Waals surface area (Å²) in [6, 6.07) is 8.17. The maximum Gasteiger partial charge on any atom is 0.221 e. The molecule has 0 bridgehead atoms. The van der Waals surface area contributed by atoms with Gasteiger partial charge in [0.25, 0.3) is 0 Å². The average Bonchev–Trinajstić information content (AvgIpc) is 2.46. The predicted octanol–water partition coefficient (Wildman–Crippen LogP) is 2.11. The quantitative estimate of drug-likeness (QED) is 0.892. The maximum atomic E-state index is 5.42. The molecule has 1 aromatic heterocycles. The number of rotatable bonds is 2. The van der Waals surface area contributed by atoms with Gasteiger partial charge < -0.3 is 10.1 Å². The number of nitrogens with one attached hydrogen (secondary N) is 1. The van der Waals surface area contributed by atoms with Gasteiger partial charge in [0.15, 0.2) is 5.82 Å². The molecule has 3 rings (SSSR count). The van der Waals surface area contributed by atoms with Crippen LogP contribution in [0, 0.1) is 6.92 Å². The van der Waals surface area contributed by atoms with Crippen LogP contribution >= 0.6 is 0 Å². The molecule has 4 nitrogen and oxygen atoms in total. The molecule has 0 atom stereocenters. The number of hydrogen-bond acceptors (Lipinski definition) is 4. The molecule has 1 aliphatic heterocycles. The van der Waals surface area contributed by atoms with Crippen LogP contribution < -0.4 is 10.1 Å². The zero-order valence-corrected chi connectivity index (χ0v) is 11.2. The van der Waals surface area contributed by atoms with Crippen molar-refractivity contribution < 1.29 is 4.74 Å². The number of fused-ring (bicyclic) bond motifs is 1. The number of aryl methyl sites for hydroxylation is 1. The Kier molecular flexibility index (Phi) is 3.17.